The molecule has 0 unspecified atom stereocenters. The number of anilines is 1. The van der Waals surface area contributed by atoms with Crippen molar-refractivity contribution in [3.05, 3.63) is 23.8 Å². The molecule has 0 aliphatic rings. The molecule has 0 radical (unpaired) electrons. The Morgan fingerprint density at radius 3 is 2.71 bits per heavy atom. The highest BCUT2D eigenvalue weighted by Gasteiger charge is 2.05. The topological polar surface area (TPSA) is 75.3 Å². The molecular weight excluding hydrogens is 200 g/mol. The number of carbonyl (C=O) groups is 1. The second-order valence-electron chi connectivity index (χ2n) is 2.78. The first-order valence-corrected chi connectivity index (χ1v) is 4.32. The SMILES string of the molecule is CC(=O)c1ccc(O)c(NC(N)=S)c1. The van der Waals surface area contributed by atoms with Gasteiger partial charge in [0.15, 0.2) is 10.9 Å². The van der Waals surface area contributed by atoms with E-state index in [9.17, 15) is 9.90 Å². The average molecular weight is 210 g/mol. The Hall–Kier alpha value is -1.62. The number of nitrogens with two attached hydrogens (primary N) is 1. The van der Waals surface area contributed by atoms with Crippen molar-refractivity contribution < 1.29 is 9.90 Å². The van der Waals surface area contributed by atoms with Crippen LogP contribution in [0.25, 0.3) is 0 Å². The van der Waals surface area contributed by atoms with Gasteiger partial charge in [0, 0.05) is 5.56 Å². The van der Waals surface area contributed by atoms with E-state index < -0.39 is 0 Å². The normalized spacial score (nSPS) is 9.50. The summed E-state index contributed by atoms with van der Waals surface area (Å²) in [5.74, 6) is -0.0845. The number of thiocarbonyl (C=S) groups is 1. The Morgan fingerprint density at radius 1 is 1.57 bits per heavy atom. The summed E-state index contributed by atoms with van der Waals surface area (Å²) in [6.07, 6.45) is 0. The number of phenolic OH excluding ortho intramolecular Hbond substituents is 1. The predicted molar refractivity (Wildman–Crippen MR) is 58.5 cm³/mol. The molecule has 4 nitrogen and oxygen atoms in total. The summed E-state index contributed by atoms with van der Waals surface area (Å²) in [5.41, 5.74) is 6.07. The fourth-order valence-electron chi connectivity index (χ4n) is 0.988. The number of ketones is 1. The van der Waals surface area contributed by atoms with Crippen LogP contribution in [0.5, 0.6) is 5.75 Å². The Bertz CT molecular complexity index is 390. The van der Waals surface area contributed by atoms with Crippen molar-refractivity contribution in [1.82, 2.24) is 0 Å². The Kier molecular flexibility index (Phi) is 3.03. The molecule has 1 rings (SSSR count). The van der Waals surface area contributed by atoms with Gasteiger partial charge in [-0.2, -0.15) is 0 Å². The number of carbonyl (C=O) groups excluding carboxylic acids is 1. The first-order chi connectivity index (χ1) is 6.50. The molecule has 0 aliphatic carbocycles. The molecule has 0 aromatic heterocycles. The van der Waals surface area contributed by atoms with Gasteiger partial charge in [0.05, 0.1) is 5.69 Å². The molecule has 0 fully saturated rings. The number of Topliss-reactive ketones (excluding diaryl/α,β-unsaturated/α-hetero) is 1. The molecule has 4 N–H and O–H groups in total. The van der Waals surface area contributed by atoms with Gasteiger partial charge >= 0.3 is 0 Å². The highest BCUT2D eigenvalue weighted by atomic mass is 32.1. The van der Waals surface area contributed by atoms with Crippen LogP contribution in [0.2, 0.25) is 0 Å². The second-order valence-corrected chi connectivity index (χ2v) is 3.22. The minimum atomic E-state index is -0.0870. The molecule has 0 saturated heterocycles. The zero-order valence-corrected chi connectivity index (χ0v) is 8.39. The summed E-state index contributed by atoms with van der Waals surface area (Å²) >= 11 is 4.62. The van der Waals surface area contributed by atoms with Gasteiger partial charge in [0.2, 0.25) is 0 Å². The zero-order chi connectivity index (χ0) is 10.7. The van der Waals surface area contributed by atoms with E-state index in [1.165, 1.54) is 25.1 Å². The van der Waals surface area contributed by atoms with Crippen molar-refractivity contribution in [1.29, 1.82) is 0 Å². The summed E-state index contributed by atoms with van der Waals surface area (Å²) in [6.45, 7) is 1.44. The van der Waals surface area contributed by atoms with Gasteiger partial charge in [-0.25, -0.2) is 0 Å². The van der Waals surface area contributed by atoms with Crippen LogP contribution in [0.15, 0.2) is 18.2 Å². The summed E-state index contributed by atoms with van der Waals surface area (Å²) in [7, 11) is 0. The molecule has 0 aliphatic heterocycles. The summed E-state index contributed by atoms with van der Waals surface area (Å²) in [4.78, 5) is 11.0. The van der Waals surface area contributed by atoms with Crippen molar-refractivity contribution in [2.45, 2.75) is 6.92 Å². The smallest absolute Gasteiger partial charge is 0.168 e. The lowest BCUT2D eigenvalue weighted by Crippen LogP contribution is -2.19. The molecule has 0 bridgehead atoms. The molecule has 0 saturated carbocycles. The Balaban J connectivity index is 3.08. The average Bonchev–Trinajstić information content (AvgIpc) is 2.07. The standard InChI is InChI=1S/C9H10N2O2S/c1-5(12)6-2-3-8(13)7(4-6)11-9(10)14/h2-4,13H,1H3,(H3,10,11,14). The van der Waals surface area contributed by atoms with E-state index in [4.69, 9.17) is 5.73 Å². The number of aromatic hydroxyl groups is 1. The van der Waals surface area contributed by atoms with Gasteiger partial charge in [0.1, 0.15) is 5.75 Å². The van der Waals surface area contributed by atoms with Crippen LogP contribution in [-0.4, -0.2) is 16.0 Å². The maximum atomic E-state index is 11.0. The predicted octanol–water partition coefficient (Wildman–Crippen LogP) is 1.25. The molecule has 5 heteroatoms. The van der Waals surface area contributed by atoms with Crippen LogP contribution in [0.1, 0.15) is 17.3 Å². The maximum Gasteiger partial charge on any atom is 0.168 e. The molecular formula is C9H10N2O2S. The lowest BCUT2D eigenvalue weighted by molar-refractivity contribution is 0.101. The number of benzene rings is 1. The number of nitrogens with one attached hydrogen (secondary N) is 1. The molecule has 0 spiro atoms. The molecule has 0 amide bonds. The quantitative estimate of drug-likeness (QED) is 0.389. The third-order valence-corrected chi connectivity index (χ3v) is 1.76. The first kappa shape index (κ1) is 10.5. The van der Waals surface area contributed by atoms with Gasteiger partial charge in [0.25, 0.3) is 0 Å². The molecule has 74 valence electrons. The van der Waals surface area contributed by atoms with E-state index in [1.54, 1.807) is 0 Å². The van der Waals surface area contributed by atoms with Gasteiger partial charge in [-0.3, -0.25) is 4.79 Å². The lowest BCUT2D eigenvalue weighted by atomic mass is 10.1. The molecule has 0 atom stereocenters. The molecule has 1 aromatic carbocycles. The van der Waals surface area contributed by atoms with Crippen LogP contribution in [-0.2, 0) is 0 Å². The van der Waals surface area contributed by atoms with E-state index in [1.807, 2.05) is 0 Å². The zero-order valence-electron chi connectivity index (χ0n) is 7.57. The number of phenols is 1. The van der Waals surface area contributed by atoms with Crippen LogP contribution < -0.4 is 11.1 Å². The van der Waals surface area contributed by atoms with Crippen molar-refractivity contribution >= 4 is 28.8 Å². The van der Waals surface area contributed by atoms with E-state index in [0.717, 1.165) is 0 Å². The summed E-state index contributed by atoms with van der Waals surface area (Å²) in [5, 5.41) is 12.0. The molecule has 1 aromatic rings. The number of hydrogen-bond acceptors (Lipinski definition) is 3. The second kappa shape index (κ2) is 4.06. The van der Waals surface area contributed by atoms with Crippen molar-refractivity contribution in [3.8, 4) is 5.75 Å². The Morgan fingerprint density at radius 2 is 2.21 bits per heavy atom. The van der Waals surface area contributed by atoms with Gasteiger partial charge < -0.3 is 16.2 Å². The largest absolute Gasteiger partial charge is 0.506 e. The van der Waals surface area contributed by atoms with Crippen molar-refractivity contribution in [3.63, 3.8) is 0 Å². The number of hydrogen-bond donors (Lipinski definition) is 3. The summed E-state index contributed by atoms with van der Waals surface area (Å²) in [6, 6.07) is 4.44. The lowest BCUT2D eigenvalue weighted by Gasteiger charge is -2.07. The first-order valence-electron chi connectivity index (χ1n) is 3.91. The third kappa shape index (κ3) is 2.43. The van der Waals surface area contributed by atoms with Crippen LogP contribution >= 0.6 is 12.2 Å². The fraction of sp³-hybridized carbons (Fsp3) is 0.111. The monoisotopic (exact) mass is 210 g/mol. The van der Waals surface area contributed by atoms with E-state index >= 15 is 0 Å². The maximum absolute atomic E-state index is 11.0. The van der Waals surface area contributed by atoms with Crippen molar-refractivity contribution in [2.75, 3.05) is 5.32 Å². The van der Waals surface area contributed by atoms with Crippen molar-refractivity contribution in [2.24, 2.45) is 5.73 Å². The van der Waals surface area contributed by atoms with Gasteiger partial charge in [-0.15, -0.1) is 0 Å². The van der Waals surface area contributed by atoms with E-state index in [2.05, 4.69) is 17.5 Å². The highest BCUT2D eigenvalue weighted by molar-refractivity contribution is 7.80. The third-order valence-electron chi connectivity index (χ3n) is 1.66. The molecule has 0 heterocycles. The van der Waals surface area contributed by atoms with Crippen LogP contribution in [0.4, 0.5) is 5.69 Å². The molecule has 14 heavy (non-hydrogen) atoms. The van der Waals surface area contributed by atoms with Crippen LogP contribution in [0, 0.1) is 0 Å². The van der Waals surface area contributed by atoms with Gasteiger partial charge in [-0.1, -0.05) is 0 Å². The summed E-state index contributed by atoms with van der Waals surface area (Å²) < 4.78 is 0. The van der Waals surface area contributed by atoms with E-state index in [0.29, 0.717) is 11.3 Å². The minimum Gasteiger partial charge on any atom is -0.506 e. The van der Waals surface area contributed by atoms with Gasteiger partial charge in [-0.05, 0) is 37.3 Å². The van der Waals surface area contributed by atoms with E-state index in [-0.39, 0.29) is 16.6 Å². The fourth-order valence-corrected chi connectivity index (χ4v) is 1.10. The Labute approximate surface area is 86.7 Å². The number of rotatable bonds is 2. The van der Waals surface area contributed by atoms with Crippen LogP contribution in [0.3, 0.4) is 0 Å². The minimum absolute atomic E-state index is 0.00259. The highest BCUT2D eigenvalue weighted by Crippen LogP contribution is 2.24.